The molecule has 3 rings (SSSR count). The van der Waals surface area contributed by atoms with E-state index < -0.39 is 0 Å². The van der Waals surface area contributed by atoms with Crippen LogP contribution in [-0.4, -0.2) is 55.2 Å². The van der Waals surface area contributed by atoms with Crippen LogP contribution in [0, 0.1) is 5.41 Å². The highest BCUT2D eigenvalue weighted by Crippen LogP contribution is 2.28. The predicted molar refractivity (Wildman–Crippen MR) is 120 cm³/mol. The van der Waals surface area contributed by atoms with Crippen molar-refractivity contribution < 1.29 is 14.4 Å². The molecule has 160 valence electrons. The van der Waals surface area contributed by atoms with E-state index in [4.69, 9.17) is 26.6 Å². The van der Waals surface area contributed by atoms with Crippen molar-refractivity contribution in [3.8, 4) is 5.75 Å². The zero-order valence-electron chi connectivity index (χ0n) is 17.4. The summed E-state index contributed by atoms with van der Waals surface area (Å²) < 4.78 is 6.56. The zero-order chi connectivity index (χ0) is 21.8. The number of amides is 1. The number of benzene rings is 1. The van der Waals surface area contributed by atoms with Gasteiger partial charge in [0, 0.05) is 31.6 Å². The minimum atomic E-state index is -0.258. The second kappa shape index (κ2) is 9.49. The number of carbonyl (C=O) groups excluding carboxylic acids is 1. The van der Waals surface area contributed by atoms with Crippen molar-refractivity contribution in [2.45, 2.75) is 32.5 Å². The van der Waals surface area contributed by atoms with E-state index in [1.165, 1.54) is 11.3 Å². The Balaban J connectivity index is 1.68. The summed E-state index contributed by atoms with van der Waals surface area (Å²) in [5.41, 5.74) is 2.35. The maximum atomic E-state index is 12.2. The van der Waals surface area contributed by atoms with Crippen LogP contribution in [-0.2, 0) is 4.84 Å². The van der Waals surface area contributed by atoms with E-state index in [0.717, 1.165) is 16.8 Å². The van der Waals surface area contributed by atoms with Crippen molar-refractivity contribution >= 4 is 40.4 Å². The van der Waals surface area contributed by atoms with Crippen LogP contribution in [0.3, 0.4) is 0 Å². The normalized spacial score (nSPS) is 15.5. The first-order chi connectivity index (χ1) is 14.2. The molecular weight excluding hydrogens is 424 g/mol. The minimum Gasteiger partial charge on any atom is -0.490 e. The Morgan fingerprint density at radius 2 is 2.17 bits per heavy atom. The molecule has 0 saturated heterocycles. The molecule has 2 heterocycles. The van der Waals surface area contributed by atoms with Gasteiger partial charge in [0.2, 0.25) is 0 Å². The number of halogens is 1. The molecule has 7 nitrogen and oxygen atoms in total. The number of hydrogen-bond donors (Lipinski definition) is 2. The molecule has 0 bridgehead atoms. The molecule has 1 aliphatic rings. The molecule has 1 atom stereocenters. The summed E-state index contributed by atoms with van der Waals surface area (Å²) in [6, 6.07) is 9.03. The third kappa shape index (κ3) is 5.31. The fourth-order valence-corrected chi connectivity index (χ4v) is 3.90. The maximum absolute atomic E-state index is 12.2. The van der Waals surface area contributed by atoms with Crippen LogP contribution in [0.1, 0.15) is 41.1 Å². The molecule has 2 N–H and O–H groups in total. The van der Waals surface area contributed by atoms with Crippen molar-refractivity contribution in [3.05, 3.63) is 50.7 Å². The molecule has 2 aromatic rings. The lowest BCUT2D eigenvalue weighted by Gasteiger charge is -2.18. The molecule has 1 aromatic carbocycles. The van der Waals surface area contributed by atoms with Crippen molar-refractivity contribution in [2.75, 3.05) is 20.6 Å². The first-order valence-corrected chi connectivity index (χ1v) is 10.8. The van der Waals surface area contributed by atoms with Crippen molar-refractivity contribution in [1.82, 2.24) is 10.2 Å². The quantitative estimate of drug-likeness (QED) is 0.495. The highest BCUT2D eigenvalue weighted by Gasteiger charge is 2.26. The van der Waals surface area contributed by atoms with Crippen molar-refractivity contribution in [2.24, 2.45) is 5.16 Å². The second-order valence-electron chi connectivity index (χ2n) is 7.40. The predicted octanol–water partition coefficient (Wildman–Crippen LogP) is 4.00. The van der Waals surface area contributed by atoms with E-state index in [9.17, 15) is 4.79 Å². The maximum Gasteiger partial charge on any atom is 0.261 e. The second-order valence-corrected chi connectivity index (χ2v) is 9.12. The number of rotatable bonds is 7. The van der Waals surface area contributed by atoms with Gasteiger partial charge in [-0.25, -0.2) is 0 Å². The molecule has 0 spiro atoms. The summed E-state index contributed by atoms with van der Waals surface area (Å²) in [6.07, 6.45) is 0.263. The van der Waals surface area contributed by atoms with Gasteiger partial charge in [0.05, 0.1) is 27.6 Å². The number of nitrogens with zero attached hydrogens (tertiary/aromatic N) is 2. The van der Waals surface area contributed by atoms with E-state index >= 15 is 0 Å². The summed E-state index contributed by atoms with van der Waals surface area (Å²) in [5, 5.41) is 15.3. The molecule has 30 heavy (non-hydrogen) atoms. The molecule has 0 saturated carbocycles. The Hall–Kier alpha value is -2.58. The molecule has 0 aliphatic carbocycles. The summed E-state index contributed by atoms with van der Waals surface area (Å²) >= 11 is 7.12. The topological polar surface area (TPSA) is 87.0 Å². The fraction of sp³-hybridized carbons (Fsp3) is 0.381. The van der Waals surface area contributed by atoms with Gasteiger partial charge >= 0.3 is 0 Å². The monoisotopic (exact) mass is 448 g/mol. The van der Waals surface area contributed by atoms with Crippen LogP contribution < -0.4 is 10.1 Å². The van der Waals surface area contributed by atoms with Gasteiger partial charge in [-0.3, -0.25) is 10.2 Å². The average molecular weight is 449 g/mol. The van der Waals surface area contributed by atoms with Gasteiger partial charge in [-0.2, -0.15) is 0 Å². The number of amidine groups is 1. The van der Waals surface area contributed by atoms with Gasteiger partial charge in [0.15, 0.2) is 0 Å². The highest BCUT2D eigenvalue weighted by molar-refractivity contribution is 7.18. The zero-order valence-corrected chi connectivity index (χ0v) is 18.9. The van der Waals surface area contributed by atoms with Gasteiger partial charge in [0.1, 0.15) is 17.7 Å². The fourth-order valence-electron chi connectivity index (χ4n) is 2.94. The Morgan fingerprint density at radius 3 is 2.80 bits per heavy atom. The summed E-state index contributed by atoms with van der Waals surface area (Å²) in [6.45, 7) is 4.25. The molecule has 1 amide bonds. The Bertz CT molecular complexity index is 971. The number of thiophene rings is 1. The minimum absolute atomic E-state index is 0.0248. The van der Waals surface area contributed by atoms with E-state index in [1.54, 1.807) is 17.0 Å². The Morgan fingerprint density at radius 1 is 1.40 bits per heavy atom. The van der Waals surface area contributed by atoms with E-state index in [0.29, 0.717) is 33.8 Å². The molecular formula is C21H25ClN4O3S. The number of ether oxygens (including phenoxy) is 1. The Kier molecular flexibility index (Phi) is 6.99. The third-order valence-electron chi connectivity index (χ3n) is 4.40. The lowest BCUT2D eigenvalue weighted by atomic mass is 10.0. The van der Waals surface area contributed by atoms with E-state index in [-0.39, 0.29) is 18.1 Å². The van der Waals surface area contributed by atoms with E-state index in [1.807, 2.05) is 46.1 Å². The van der Waals surface area contributed by atoms with Crippen LogP contribution >= 0.6 is 22.9 Å². The van der Waals surface area contributed by atoms with Crippen LogP contribution in [0.25, 0.3) is 0 Å². The highest BCUT2D eigenvalue weighted by atomic mass is 35.5. The van der Waals surface area contributed by atoms with Crippen molar-refractivity contribution in [1.29, 1.82) is 5.41 Å². The van der Waals surface area contributed by atoms with Gasteiger partial charge in [-0.15, -0.1) is 11.3 Å². The number of hydrogen-bond acceptors (Lipinski definition) is 6. The SMILES string of the molecule is CC(C)Oc1cc(C(=N)N(C)C)ccc1C1=NOC(CNC(=O)c2ccc(Cl)s2)C1. The summed E-state index contributed by atoms with van der Waals surface area (Å²) in [4.78, 5) is 20.0. The van der Waals surface area contributed by atoms with Gasteiger partial charge in [0.25, 0.3) is 5.91 Å². The first kappa shape index (κ1) is 22.1. The summed E-state index contributed by atoms with van der Waals surface area (Å²) in [5.74, 6) is 0.878. The molecule has 1 aromatic heterocycles. The largest absolute Gasteiger partial charge is 0.490 e. The summed E-state index contributed by atoms with van der Waals surface area (Å²) in [7, 11) is 3.66. The van der Waals surface area contributed by atoms with Crippen LogP contribution in [0.2, 0.25) is 4.34 Å². The molecule has 0 radical (unpaired) electrons. The van der Waals surface area contributed by atoms with Gasteiger partial charge in [-0.05, 0) is 38.1 Å². The molecule has 1 aliphatic heterocycles. The van der Waals surface area contributed by atoms with Gasteiger partial charge in [-0.1, -0.05) is 22.8 Å². The number of oxime groups is 1. The standard InChI is InChI=1S/C21H25ClN4O3S/c1-12(2)28-17-9-13(20(23)26(3)4)5-6-15(17)16-10-14(29-25-16)11-24-21(27)18-7-8-19(22)30-18/h5-9,12,14,23H,10-11H2,1-4H3,(H,24,27). The van der Waals surface area contributed by atoms with Crippen LogP contribution in [0.4, 0.5) is 0 Å². The number of nitrogens with one attached hydrogen (secondary N) is 2. The Labute approximate surface area is 185 Å². The molecule has 9 heteroatoms. The van der Waals surface area contributed by atoms with E-state index in [2.05, 4.69) is 10.5 Å². The average Bonchev–Trinajstić information content (AvgIpc) is 3.34. The lowest BCUT2D eigenvalue weighted by molar-refractivity contribution is 0.0755. The van der Waals surface area contributed by atoms with Crippen LogP contribution in [0.15, 0.2) is 35.5 Å². The molecule has 1 unspecified atom stereocenters. The van der Waals surface area contributed by atoms with Gasteiger partial charge < -0.3 is 19.8 Å². The van der Waals surface area contributed by atoms with Crippen LogP contribution in [0.5, 0.6) is 5.75 Å². The lowest BCUT2D eigenvalue weighted by Crippen LogP contribution is -2.31. The first-order valence-electron chi connectivity index (χ1n) is 9.58. The smallest absolute Gasteiger partial charge is 0.261 e. The molecule has 0 fully saturated rings. The van der Waals surface area contributed by atoms with Crippen molar-refractivity contribution in [3.63, 3.8) is 0 Å². The third-order valence-corrected chi connectivity index (χ3v) is 5.63. The number of carbonyl (C=O) groups is 1.